The molecule has 6 rings (SSSR count). The molecule has 13 heteroatoms. The number of allylic oxidation sites excluding steroid dienone is 4. The summed E-state index contributed by atoms with van der Waals surface area (Å²) in [6.45, 7) is 2.09. The Morgan fingerprint density at radius 1 is 1.02 bits per heavy atom. The van der Waals surface area contributed by atoms with E-state index in [9.17, 15) is 35.5 Å². The van der Waals surface area contributed by atoms with Gasteiger partial charge in [0.1, 0.15) is 5.82 Å². The molecule has 2 unspecified atom stereocenters. The van der Waals surface area contributed by atoms with Gasteiger partial charge in [-0.2, -0.15) is 31.4 Å². The topological polar surface area (TPSA) is 47.4 Å². The van der Waals surface area contributed by atoms with Gasteiger partial charge in [-0.1, -0.05) is 57.2 Å². The number of fused-ring (bicyclic) bond motifs is 1. The molecule has 0 spiro atoms. The highest BCUT2D eigenvalue weighted by atomic mass is 127. The zero-order valence-corrected chi connectivity index (χ0v) is 26.4. The summed E-state index contributed by atoms with van der Waals surface area (Å²) < 4.78 is 105. The fourth-order valence-corrected chi connectivity index (χ4v) is 9.18. The maximum atomic E-state index is 13.9. The van der Waals surface area contributed by atoms with Crippen LogP contribution in [0.4, 0.5) is 30.7 Å². The van der Waals surface area contributed by atoms with Crippen molar-refractivity contribution in [3.8, 4) is 0 Å². The summed E-state index contributed by atoms with van der Waals surface area (Å²) in [4.78, 5) is 15.0. The summed E-state index contributed by atoms with van der Waals surface area (Å²) in [6.07, 6.45) is 2.22. The third-order valence-electron chi connectivity index (χ3n) is 8.05. The first-order chi connectivity index (χ1) is 21.8. The Kier molecular flexibility index (Phi) is 8.83. The first-order valence-corrected chi connectivity index (χ1v) is 16.5. The number of hydrogen-bond donors (Lipinski definition) is 0. The number of carbonyl (C=O) groups is 1. The summed E-state index contributed by atoms with van der Waals surface area (Å²) in [5.41, 5.74) is -1.76. The lowest BCUT2D eigenvalue weighted by Crippen LogP contribution is -2.33. The maximum absolute atomic E-state index is 13.9. The van der Waals surface area contributed by atoms with Gasteiger partial charge in [0, 0.05) is 33.9 Å². The average Bonchev–Trinajstić information content (AvgIpc) is 3.62. The molecule has 1 saturated heterocycles. The van der Waals surface area contributed by atoms with Gasteiger partial charge in [0.05, 0.1) is 45.6 Å². The number of benzene rings is 2. The number of carbonyl (C=O) groups excluding carboxylic acids is 1. The maximum Gasteiger partial charge on any atom is 0.416 e. The summed E-state index contributed by atoms with van der Waals surface area (Å²) in [5.74, 6) is -1.08. The number of halogens is 8. The van der Waals surface area contributed by atoms with Gasteiger partial charge in [-0.25, -0.2) is 4.39 Å². The first-order valence-electron chi connectivity index (χ1n) is 14.4. The molecule has 242 valence electrons. The van der Waals surface area contributed by atoms with Crippen LogP contribution in [0.25, 0.3) is 3.58 Å². The minimum atomic E-state index is -5.01. The van der Waals surface area contributed by atoms with E-state index < -0.39 is 68.2 Å². The van der Waals surface area contributed by atoms with E-state index in [0.717, 1.165) is 19.2 Å². The second-order valence-corrected chi connectivity index (χ2v) is 14.1. The average molecular weight is 757 g/mol. The molecule has 0 N–H and O–H groups in total. The highest BCUT2D eigenvalue weighted by Crippen LogP contribution is 2.45. The Morgan fingerprint density at radius 2 is 1.72 bits per heavy atom. The quantitative estimate of drug-likeness (QED) is 0.180. The van der Waals surface area contributed by atoms with Crippen LogP contribution in [0.3, 0.4) is 0 Å². The standard InChI is InChI=1S/C33H27F7IN3O2/c1-19(22-11-24(32(35,36)37)13-25(12-22)33(38,39)40)46-28-18-44-29(45)14-27(41-31(44)30(28)21-7-9-26(34)10-8-21)23-15-42-43(17-23)16-20-5-3-2-4-6-20/h2-5,7-15,17,19-20,28,30H,6,16,18H2,1H3/t19-,20?,28+,30?/m1/s1. The van der Waals surface area contributed by atoms with Gasteiger partial charge in [-0.15, -0.1) is 0 Å². The summed E-state index contributed by atoms with van der Waals surface area (Å²) in [5, 5.41) is 4.49. The van der Waals surface area contributed by atoms with E-state index in [1.807, 2.05) is 23.0 Å². The number of ether oxygens (including phenoxy) is 1. The summed E-state index contributed by atoms with van der Waals surface area (Å²) in [6, 6.07) is 7.01. The van der Waals surface area contributed by atoms with Crippen molar-refractivity contribution < 1.29 is 40.3 Å². The van der Waals surface area contributed by atoms with Gasteiger partial charge >= 0.3 is 12.4 Å². The highest BCUT2D eigenvalue weighted by Gasteiger charge is 2.45. The number of nitrogens with zero attached hydrogens (tertiary/aromatic N) is 3. The fraction of sp³-hybridized carbons (Fsp3) is 0.303. The van der Waals surface area contributed by atoms with Crippen molar-refractivity contribution >= 4 is 33.9 Å². The van der Waals surface area contributed by atoms with Gasteiger partial charge in [0.15, 0.2) is 0 Å². The molecule has 4 atom stereocenters. The largest absolute Gasteiger partial charge is 0.416 e. The fourth-order valence-electron chi connectivity index (χ4n) is 5.75. The van der Waals surface area contributed by atoms with Crippen molar-refractivity contribution in [2.24, 2.45) is 5.92 Å². The number of aromatic nitrogens is 2. The Bertz CT molecular complexity index is 1720. The van der Waals surface area contributed by atoms with Crippen LogP contribution in [-0.4, -0.2) is 36.9 Å². The zero-order chi connectivity index (χ0) is 32.8. The lowest BCUT2D eigenvalue weighted by atomic mass is 9.95. The molecule has 1 amide bonds. The van der Waals surface area contributed by atoms with Crippen LogP contribution in [0.15, 0.2) is 85.2 Å². The molecule has 1 fully saturated rings. The molecular formula is C33H27F7IN3O2. The number of amides is 1. The van der Waals surface area contributed by atoms with Crippen molar-refractivity contribution in [2.45, 2.75) is 50.4 Å². The predicted octanol–water partition coefficient (Wildman–Crippen LogP) is 8.42. The van der Waals surface area contributed by atoms with Crippen molar-refractivity contribution in [1.82, 2.24) is 14.7 Å². The van der Waals surface area contributed by atoms with Crippen LogP contribution in [-0.2, 0) is 28.4 Å². The molecule has 3 heterocycles. The van der Waals surface area contributed by atoms with E-state index in [2.05, 4.69) is 17.3 Å². The van der Waals surface area contributed by atoms with Gasteiger partial charge in [-0.3, -0.25) is 9.48 Å². The number of alkyl halides is 6. The van der Waals surface area contributed by atoms with Crippen molar-refractivity contribution in [2.75, 3.05) is 6.54 Å². The van der Waals surface area contributed by atoms with E-state index in [0.29, 0.717) is 30.2 Å². The molecule has 2 aromatic carbocycles. The third kappa shape index (κ3) is 6.89. The van der Waals surface area contributed by atoms with Gasteiger partial charge in [0.2, 0.25) is 0 Å². The van der Waals surface area contributed by atoms with Crippen LogP contribution < -0.4 is 0 Å². The molecule has 0 radical (unpaired) electrons. The predicted molar refractivity (Wildman–Crippen MR) is 166 cm³/mol. The zero-order valence-electron chi connectivity index (χ0n) is 24.2. The van der Waals surface area contributed by atoms with Gasteiger partial charge < -0.3 is 9.64 Å². The molecule has 3 aliphatic rings. The van der Waals surface area contributed by atoms with E-state index in [1.165, 1.54) is 19.1 Å². The molecular weight excluding hydrogens is 730 g/mol. The van der Waals surface area contributed by atoms with Gasteiger partial charge in [0.25, 0.3) is 5.91 Å². The van der Waals surface area contributed by atoms with Crippen molar-refractivity contribution in [1.29, 1.82) is 0 Å². The second kappa shape index (κ2) is 12.5. The Balaban J connectivity index is 1.32. The molecule has 46 heavy (non-hydrogen) atoms. The smallest absolute Gasteiger partial charge is 0.368 e. The van der Waals surface area contributed by atoms with Crippen LogP contribution in [0.2, 0.25) is 0 Å². The summed E-state index contributed by atoms with van der Waals surface area (Å²) in [7, 11) is 0. The normalized spacial score (nSPS) is 22.3. The molecule has 1 aromatic heterocycles. The van der Waals surface area contributed by atoms with Crippen molar-refractivity contribution in [3.05, 3.63) is 119 Å². The van der Waals surface area contributed by atoms with Crippen LogP contribution in [0, 0.1) is 11.7 Å². The van der Waals surface area contributed by atoms with E-state index in [4.69, 9.17) is 4.74 Å². The number of hydrogen-bond acceptors (Lipinski definition) is 3. The molecule has 1 aliphatic carbocycles. The molecule has 3 aromatic rings. The Hall–Kier alpha value is -3.59. The molecule has 5 nitrogen and oxygen atoms in total. The lowest BCUT2D eigenvalue weighted by Gasteiger charge is -2.25. The molecule has 2 aliphatic heterocycles. The van der Waals surface area contributed by atoms with Gasteiger partial charge in [-0.05, 0) is 54.8 Å². The van der Waals surface area contributed by atoms with Crippen LogP contribution in [0.5, 0.6) is 0 Å². The van der Waals surface area contributed by atoms with Crippen LogP contribution >= 0.6 is 20.7 Å². The number of rotatable bonds is 7. The first kappa shape index (κ1) is 32.4. The minimum absolute atomic E-state index is 0.0376. The van der Waals surface area contributed by atoms with E-state index >= 15 is 0 Å². The monoisotopic (exact) mass is 757 g/mol. The second-order valence-electron chi connectivity index (χ2n) is 11.3. The molecule has 0 bridgehead atoms. The molecule has 0 saturated carbocycles. The SMILES string of the molecule is C[C@@H](O[C@H]1CN2C(=O)C=C(c3cnn(CC4C=CC=CC4)c3)I=C2C1c1ccc(F)cc1)c1cc(C(F)(F)F)cc(C(F)(F)F)c1. The third-order valence-corrected chi connectivity index (χ3v) is 11.4. The van der Waals surface area contributed by atoms with Crippen LogP contribution in [0.1, 0.15) is 53.2 Å². The Labute approximate surface area is 269 Å². The summed E-state index contributed by atoms with van der Waals surface area (Å²) >= 11 is -0.999. The lowest BCUT2D eigenvalue weighted by molar-refractivity contribution is -0.143. The van der Waals surface area contributed by atoms with Crippen molar-refractivity contribution in [3.63, 3.8) is 0 Å². The highest BCUT2D eigenvalue weighted by molar-refractivity contribution is 14.2. The Morgan fingerprint density at radius 3 is 2.35 bits per heavy atom. The van der Waals surface area contributed by atoms with E-state index in [1.54, 1.807) is 29.3 Å². The van der Waals surface area contributed by atoms with E-state index in [-0.39, 0.29) is 24.1 Å². The minimum Gasteiger partial charge on any atom is -0.368 e.